The molecule has 0 aliphatic rings. The van der Waals surface area contributed by atoms with Crippen molar-refractivity contribution in [2.24, 2.45) is 0 Å². The molecule has 0 heterocycles. The lowest BCUT2D eigenvalue weighted by atomic mass is 10.1. The number of aryl methyl sites for hydroxylation is 1. The van der Waals surface area contributed by atoms with Crippen LogP contribution in [0.15, 0.2) is 40.1 Å². The highest BCUT2D eigenvalue weighted by atomic mass is 32.2. The molecule has 5 nitrogen and oxygen atoms in total. The van der Waals surface area contributed by atoms with Gasteiger partial charge in [0.1, 0.15) is 34.8 Å². The van der Waals surface area contributed by atoms with Crippen molar-refractivity contribution in [2.75, 3.05) is 0 Å². The molecule has 0 saturated heterocycles. The van der Waals surface area contributed by atoms with Crippen molar-refractivity contribution in [1.82, 2.24) is 0 Å². The Morgan fingerprint density at radius 3 is 1.90 bits per heavy atom. The zero-order valence-electron chi connectivity index (χ0n) is 11.0. The second-order valence-electron chi connectivity index (χ2n) is 4.30. The molecule has 104 valence electrons. The minimum Gasteiger partial charge on any atom is -0.506 e. The second-order valence-corrected chi connectivity index (χ2v) is 5.72. The lowest BCUT2D eigenvalue weighted by Crippen LogP contribution is -2.01. The predicted octanol–water partition coefficient (Wildman–Crippen LogP) is 2.32. The quantitative estimate of drug-likeness (QED) is 0.885. The molecule has 0 aliphatic carbocycles. The van der Waals surface area contributed by atoms with Gasteiger partial charge in [0.2, 0.25) is 0 Å². The van der Waals surface area contributed by atoms with Crippen molar-refractivity contribution in [2.45, 2.75) is 16.7 Å². The summed E-state index contributed by atoms with van der Waals surface area (Å²) in [5.41, 5.74) is 0.419. The van der Waals surface area contributed by atoms with Crippen LogP contribution in [0.25, 0.3) is 0 Å². The van der Waals surface area contributed by atoms with E-state index in [-0.39, 0.29) is 16.0 Å². The molecular weight excluding hydrogens is 288 g/mol. The van der Waals surface area contributed by atoms with Crippen LogP contribution < -0.4 is 0 Å². The van der Waals surface area contributed by atoms with Crippen LogP contribution in [-0.2, 0) is 10.8 Å². The first-order chi connectivity index (χ1) is 9.99. The molecule has 6 heteroatoms. The molecule has 2 N–H and O–H groups in total. The van der Waals surface area contributed by atoms with E-state index in [0.29, 0.717) is 4.90 Å². The Morgan fingerprint density at radius 1 is 1.00 bits per heavy atom. The lowest BCUT2D eigenvalue weighted by molar-refractivity contribution is 0.445. The highest BCUT2D eigenvalue weighted by Crippen LogP contribution is 2.35. The zero-order valence-corrected chi connectivity index (χ0v) is 11.8. The number of phenols is 2. The summed E-state index contributed by atoms with van der Waals surface area (Å²) in [5.74, 6) is -1.02. The number of benzene rings is 2. The number of hydrogen-bond acceptors (Lipinski definition) is 5. The Morgan fingerprint density at radius 2 is 1.48 bits per heavy atom. The molecule has 0 bridgehead atoms. The van der Waals surface area contributed by atoms with E-state index in [4.69, 9.17) is 10.5 Å². The van der Waals surface area contributed by atoms with Gasteiger partial charge in [-0.3, -0.25) is 0 Å². The number of hydrogen-bond donors (Lipinski definition) is 2. The lowest BCUT2D eigenvalue weighted by Gasteiger charge is -2.10. The van der Waals surface area contributed by atoms with Gasteiger partial charge in [0.05, 0.1) is 15.7 Å². The van der Waals surface area contributed by atoms with Gasteiger partial charge in [-0.15, -0.1) is 0 Å². The summed E-state index contributed by atoms with van der Waals surface area (Å²) in [6.07, 6.45) is 0. The Hall–Kier alpha value is -2.83. The van der Waals surface area contributed by atoms with Gasteiger partial charge in [-0.2, -0.15) is 10.5 Å². The normalized spacial score (nSPS) is 11.4. The second kappa shape index (κ2) is 5.66. The average Bonchev–Trinajstić information content (AvgIpc) is 2.46. The third-order valence-corrected chi connectivity index (χ3v) is 4.36. The van der Waals surface area contributed by atoms with Crippen LogP contribution >= 0.6 is 0 Å². The highest BCUT2D eigenvalue weighted by molar-refractivity contribution is 7.85. The maximum absolute atomic E-state index is 12.6. The monoisotopic (exact) mass is 298 g/mol. The smallest absolute Gasteiger partial charge is 0.138 e. The predicted molar refractivity (Wildman–Crippen MR) is 75.1 cm³/mol. The number of nitriles is 2. The fourth-order valence-corrected chi connectivity index (χ4v) is 3.10. The van der Waals surface area contributed by atoms with E-state index in [1.165, 1.54) is 0 Å². The van der Waals surface area contributed by atoms with Gasteiger partial charge in [0, 0.05) is 11.0 Å². The first kappa shape index (κ1) is 14.6. The number of aromatic hydroxyl groups is 2. The molecule has 2 rings (SSSR count). The number of phenolic OH excluding ortho intramolecular Hbond substituents is 2. The van der Waals surface area contributed by atoms with Gasteiger partial charge in [0.25, 0.3) is 0 Å². The van der Waals surface area contributed by atoms with E-state index in [9.17, 15) is 14.4 Å². The molecule has 0 aromatic heterocycles. The van der Waals surface area contributed by atoms with Gasteiger partial charge in [-0.1, -0.05) is 17.7 Å². The molecule has 0 amide bonds. The van der Waals surface area contributed by atoms with Crippen molar-refractivity contribution in [3.05, 3.63) is 47.0 Å². The molecule has 0 saturated carbocycles. The summed E-state index contributed by atoms with van der Waals surface area (Å²) >= 11 is 0. The van der Waals surface area contributed by atoms with E-state index >= 15 is 0 Å². The molecule has 0 aliphatic heterocycles. The largest absolute Gasteiger partial charge is 0.506 e. The molecule has 0 fully saturated rings. The van der Waals surface area contributed by atoms with Gasteiger partial charge >= 0.3 is 0 Å². The third kappa shape index (κ3) is 2.58. The summed E-state index contributed by atoms with van der Waals surface area (Å²) in [5, 5.41) is 37.6. The van der Waals surface area contributed by atoms with Crippen LogP contribution in [0.5, 0.6) is 11.5 Å². The van der Waals surface area contributed by atoms with E-state index in [1.54, 1.807) is 36.4 Å². The Balaban J connectivity index is 2.74. The number of nitrogens with zero attached hydrogens (tertiary/aromatic N) is 2. The van der Waals surface area contributed by atoms with E-state index < -0.39 is 22.3 Å². The molecule has 0 radical (unpaired) electrons. The van der Waals surface area contributed by atoms with Crippen molar-refractivity contribution < 1.29 is 14.4 Å². The molecule has 0 spiro atoms. The molecule has 2 aromatic carbocycles. The molecule has 2 aromatic rings. The van der Waals surface area contributed by atoms with Crippen LogP contribution in [0.3, 0.4) is 0 Å². The van der Waals surface area contributed by atoms with Crippen LogP contribution in [0.1, 0.15) is 16.7 Å². The maximum Gasteiger partial charge on any atom is 0.138 e. The summed E-state index contributed by atoms with van der Waals surface area (Å²) in [4.78, 5) is 0.194. The van der Waals surface area contributed by atoms with Crippen LogP contribution in [-0.4, -0.2) is 14.4 Å². The van der Waals surface area contributed by atoms with E-state index in [0.717, 1.165) is 11.6 Å². The van der Waals surface area contributed by atoms with Gasteiger partial charge in [0.15, 0.2) is 0 Å². The SMILES string of the molecule is Cc1ccc(S(=O)c2c(C#N)c(O)cc(O)c2C#N)cc1. The topological polar surface area (TPSA) is 105 Å². The first-order valence-electron chi connectivity index (χ1n) is 5.87. The zero-order chi connectivity index (χ0) is 15.6. The fourth-order valence-electron chi connectivity index (χ4n) is 1.81. The van der Waals surface area contributed by atoms with Crippen LogP contribution in [0, 0.1) is 29.6 Å². The Labute approximate surface area is 123 Å². The maximum atomic E-state index is 12.6. The van der Waals surface area contributed by atoms with Gasteiger partial charge < -0.3 is 10.2 Å². The van der Waals surface area contributed by atoms with Crippen molar-refractivity contribution in [3.8, 4) is 23.6 Å². The van der Waals surface area contributed by atoms with Crippen molar-refractivity contribution in [1.29, 1.82) is 10.5 Å². The first-order valence-corrected chi connectivity index (χ1v) is 7.02. The molecule has 1 atom stereocenters. The number of rotatable bonds is 2. The average molecular weight is 298 g/mol. The summed E-state index contributed by atoms with van der Waals surface area (Å²) < 4.78 is 12.6. The van der Waals surface area contributed by atoms with Crippen LogP contribution in [0.4, 0.5) is 0 Å². The fraction of sp³-hybridized carbons (Fsp3) is 0.0667. The van der Waals surface area contributed by atoms with Crippen LogP contribution in [0.2, 0.25) is 0 Å². The highest BCUT2D eigenvalue weighted by Gasteiger charge is 2.23. The minimum absolute atomic E-state index is 0.179. The van der Waals surface area contributed by atoms with E-state index in [2.05, 4.69) is 0 Å². The van der Waals surface area contributed by atoms with Gasteiger partial charge in [-0.25, -0.2) is 4.21 Å². The molecule has 1 unspecified atom stereocenters. The third-order valence-electron chi connectivity index (χ3n) is 2.88. The summed E-state index contributed by atoms with van der Waals surface area (Å²) in [6.45, 7) is 1.87. The Bertz CT molecular complexity index is 777. The molecule has 21 heavy (non-hydrogen) atoms. The van der Waals surface area contributed by atoms with Crippen molar-refractivity contribution in [3.63, 3.8) is 0 Å². The van der Waals surface area contributed by atoms with E-state index in [1.807, 2.05) is 6.92 Å². The molecular formula is C15H10N2O3S. The minimum atomic E-state index is -1.86. The van der Waals surface area contributed by atoms with Crippen molar-refractivity contribution >= 4 is 10.8 Å². The Kier molecular flexibility index (Phi) is 3.93. The summed E-state index contributed by atoms with van der Waals surface area (Å²) in [7, 11) is -1.86. The summed E-state index contributed by atoms with van der Waals surface area (Å²) in [6, 6.07) is 11.0. The standard InChI is InChI=1S/C15H10N2O3S/c1-9-2-4-10(5-3-9)21(20)15-11(7-16)13(18)6-14(19)12(15)8-17/h2-6,18-19H,1H3. The van der Waals surface area contributed by atoms with Gasteiger partial charge in [-0.05, 0) is 19.1 Å².